The van der Waals surface area contributed by atoms with Gasteiger partial charge >= 0.3 is 5.97 Å². The number of ether oxygens (including phenoxy) is 1. The van der Waals surface area contributed by atoms with E-state index < -0.39 is 5.97 Å². The summed E-state index contributed by atoms with van der Waals surface area (Å²) in [7, 11) is 1.27. The molecule has 0 heterocycles. The lowest BCUT2D eigenvalue weighted by atomic mass is 10.1. The summed E-state index contributed by atoms with van der Waals surface area (Å²) in [6, 6.07) is 6.95. The highest BCUT2D eigenvalue weighted by atomic mass is 16.5. The quantitative estimate of drug-likeness (QED) is 0.775. The highest BCUT2D eigenvalue weighted by molar-refractivity contribution is 5.96. The van der Waals surface area contributed by atoms with E-state index in [-0.39, 0.29) is 12.5 Å². The standard InChI is InChI=1S/C12H13NO3/c1-3-9-5-4-6-10(7-9)12(15)13-8-11(14)16-2/h3-7H,1,8H2,2H3,(H,13,15). The van der Waals surface area contributed by atoms with Crippen LogP contribution >= 0.6 is 0 Å². The van der Waals surface area contributed by atoms with Crippen molar-refractivity contribution >= 4 is 18.0 Å². The van der Waals surface area contributed by atoms with Crippen LogP contribution in [0.3, 0.4) is 0 Å². The number of benzene rings is 1. The van der Waals surface area contributed by atoms with Gasteiger partial charge in [0.05, 0.1) is 7.11 Å². The van der Waals surface area contributed by atoms with E-state index in [1.54, 1.807) is 24.3 Å². The summed E-state index contributed by atoms with van der Waals surface area (Å²) < 4.78 is 4.41. The number of nitrogens with one attached hydrogen (secondary N) is 1. The lowest BCUT2D eigenvalue weighted by Crippen LogP contribution is -2.30. The van der Waals surface area contributed by atoms with Gasteiger partial charge in [-0.15, -0.1) is 0 Å². The maximum Gasteiger partial charge on any atom is 0.325 e. The Kier molecular flexibility index (Phi) is 4.27. The molecule has 0 unspecified atom stereocenters. The smallest absolute Gasteiger partial charge is 0.325 e. The average Bonchev–Trinajstić information content (AvgIpc) is 2.35. The van der Waals surface area contributed by atoms with Crippen molar-refractivity contribution in [2.24, 2.45) is 0 Å². The first-order valence-corrected chi connectivity index (χ1v) is 4.75. The lowest BCUT2D eigenvalue weighted by Gasteiger charge is -2.04. The summed E-state index contributed by atoms with van der Waals surface area (Å²) in [6.45, 7) is 3.48. The molecular weight excluding hydrogens is 206 g/mol. The second-order valence-corrected chi connectivity index (χ2v) is 3.09. The number of hydrogen-bond acceptors (Lipinski definition) is 3. The van der Waals surface area contributed by atoms with Gasteiger partial charge in [-0.25, -0.2) is 0 Å². The van der Waals surface area contributed by atoms with Crippen molar-refractivity contribution in [2.75, 3.05) is 13.7 Å². The Balaban J connectivity index is 2.65. The van der Waals surface area contributed by atoms with Crippen LogP contribution in [0.15, 0.2) is 30.8 Å². The molecule has 1 rings (SSSR count). The van der Waals surface area contributed by atoms with Crippen molar-refractivity contribution < 1.29 is 14.3 Å². The fraction of sp³-hybridized carbons (Fsp3) is 0.167. The van der Waals surface area contributed by atoms with E-state index in [4.69, 9.17) is 0 Å². The Morgan fingerprint density at radius 3 is 2.88 bits per heavy atom. The van der Waals surface area contributed by atoms with Gasteiger partial charge in [0, 0.05) is 5.56 Å². The molecule has 4 heteroatoms. The topological polar surface area (TPSA) is 55.4 Å². The molecule has 0 atom stereocenters. The van der Waals surface area contributed by atoms with Crippen LogP contribution in [0.2, 0.25) is 0 Å². The van der Waals surface area contributed by atoms with Crippen LogP contribution in [0, 0.1) is 0 Å². The Labute approximate surface area is 93.9 Å². The van der Waals surface area contributed by atoms with E-state index in [1.165, 1.54) is 7.11 Å². The number of carbonyl (C=O) groups excluding carboxylic acids is 2. The minimum absolute atomic E-state index is 0.131. The lowest BCUT2D eigenvalue weighted by molar-refractivity contribution is -0.139. The van der Waals surface area contributed by atoms with Gasteiger partial charge in [-0.3, -0.25) is 9.59 Å². The summed E-state index contributed by atoms with van der Waals surface area (Å²) in [5, 5.41) is 2.45. The third kappa shape index (κ3) is 3.24. The third-order valence-corrected chi connectivity index (χ3v) is 2.01. The molecule has 4 nitrogen and oxygen atoms in total. The molecule has 1 amide bonds. The van der Waals surface area contributed by atoms with Gasteiger partial charge < -0.3 is 10.1 Å². The fourth-order valence-corrected chi connectivity index (χ4v) is 1.13. The van der Waals surface area contributed by atoms with E-state index in [0.29, 0.717) is 5.56 Å². The first-order valence-electron chi connectivity index (χ1n) is 4.75. The highest BCUT2D eigenvalue weighted by Crippen LogP contribution is 2.05. The molecule has 0 saturated carbocycles. The van der Waals surface area contributed by atoms with Crippen molar-refractivity contribution in [2.45, 2.75) is 0 Å². The van der Waals surface area contributed by atoms with Crippen molar-refractivity contribution in [3.8, 4) is 0 Å². The predicted octanol–water partition coefficient (Wildman–Crippen LogP) is 1.23. The summed E-state index contributed by atoms with van der Waals surface area (Å²) in [6.07, 6.45) is 1.65. The average molecular weight is 219 g/mol. The Hall–Kier alpha value is -2.10. The maximum atomic E-state index is 11.6. The van der Waals surface area contributed by atoms with Crippen LogP contribution in [0.5, 0.6) is 0 Å². The normalized spacial score (nSPS) is 9.31. The van der Waals surface area contributed by atoms with E-state index >= 15 is 0 Å². The van der Waals surface area contributed by atoms with Gasteiger partial charge in [0.15, 0.2) is 0 Å². The second kappa shape index (κ2) is 5.70. The van der Waals surface area contributed by atoms with Gasteiger partial charge in [0.1, 0.15) is 6.54 Å². The van der Waals surface area contributed by atoms with Gasteiger partial charge in [0.2, 0.25) is 0 Å². The molecule has 0 aliphatic heterocycles. The molecule has 0 aliphatic carbocycles. The maximum absolute atomic E-state index is 11.6. The minimum Gasteiger partial charge on any atom is -0.468 e. The van der Waals surface area contributed by atoms with Crippen LogP contribution in [0.1, 0.15) is 15.9 Å². The number of methoxy groups -OCH3 is 1. The van der Waals surface area contributed by atoms with Gasteiger partial charge in [-0.2, -0.15) is 0 Å². The molecule has 0 aliphatic rings. The molecule has 16 heavy (non-hydrogen) atoms. The predicted molar refractivity (Wildman–Crippen MR) is 60.9 cm³/mol. The zero-order chi connectivity index (χ0) is 12.0. The minimum atomic E-state index is -0.478. The molecular formula is C12H13NO3. The Morgan fingerprint density at radius 1 is 1.50 bits per heavy atom. The summed E-state index contributed by atoms with van der Waals surface area (Å²) in [5.41, 5.74) is 1.34. The van der Waals surface area contributed by atoms with E-state index in [2.05, 4.69) is 16.6 Å². The van der Waals surface area contributed by atoms with Crippen molar-refractivity contribution in [1.29, 1.82) is 0 Å². The zero-order valence-corrected chi connectivity index (χ0v) is 9.03. The van der Waals surface area contributed by atoms with E-state index in [1.807, 2.05) is 6.07 Å². The molecule has 0 saturated heterocycles. The third-order valence-electron chi connectivity index (χ3n) is 2.01. The van der Waals surface area contributed by atoms with E-state index in [0.717, 1.165) is 5.56 Å². The zero-order valence-electron chi connectivity index (χ0n) is 9.03. The molecule has 0 aromatic heterocycles. The number of rotatable bonds is 4. The molecule has 0 spiro atoms. The van der Waals surface area contributed by atoms with E-state index in [9.17, 15) is 9.59 Å². The fourth-order valence-electron chi connectivity index (χ4n) is 1.13. The first kappa shape index (κ1) is 12.0. The van der Waals surface area contributed by atoms with Crippen LogP contribution in [0.25, 0.3) is 6.08 Å². The highest BCUT2D eigenvalue weighted by Gasteiger charge is 2.07. The Morgan fingerprint density at radius 2 is 2.25 bits per heavy atom. The molecule has 84 valence electrons. The van der Waals surface area contributed by atoms with Crippen molar-refractivity contribution in [1.82, 2.24) is 5.32 Å². The van der Waals surface area contributed by atoms with Crippen LogP contribution in [-0.4, -0.2) is 25.5 Å². The second-order valence-electron chi connectivity index (χ2n) is 3.09. The number of hydrogen-bond donors (Lipinski definition) is 1. The molecule has 1 aromatic rings. The van der Waals surface area contributed by atoms with Gasteiger partial charge in [-0.1, -0.05) is 24.8 Å². The monoisotopic (exact) mass is 219 g/mol. The van der Waals surface area contributed by atoms with Crippen LogP contribution in [0.4, 0.5) is 0 Å². The number of amides is 1. The number of carbonyl (C=O) groups is 2. The summed E-state index contributed by atoms with van der Waals surface area (Å²) in [5.74, 6) is -0.790. The van der Waals surface area contributed by atoms with Crippen LogP contribution in [-0.2, 0) is 9.53 Å². The van der Waals surface area contributed by atoms with Crippen LogP contribution < -0.4 is 5.32 Å². The van der Waals surface area contributed by atoms with Crippen molar-refractivity contribution in [3.05, 3.63) is 42.0 Å². The molecule has 0 radical (unpaired) electrons. The molecule has 1 aromatic carbocycles. The van der Waals surface area contributed by atoms with Crippen molar-refractivity contribution in [3.63, 3.8) is 0 Å². The molecule has 1 N–H and O–H groups in total. The van der Waals surface area contributed by atoms with Gasteiger partial charge in [0.25, 0.3) is 5.91 Å². The molecule has 0 fully saturated rings. The summed E-state index contributed by atoms with van der Waals surface area (Å²) >= 11 is 0. The largest absolute Gasteiger partial charge is 0.468 e. The Bertz CT molecular complexity index is 412. The van der Waals surface area contributed by atoms with Gasteiger partial charge in [-0.05, 0) is 17.7 Å². The SMILES string of the molecule is C=Cc1cccc(C(=O)NCC(=O)OC)c1. The number of esters is 1. The summed E-state index contributed by atoms with van der Waals surface area (Å²) in [4.78, 5) is 22.4. The molecule has 0 bridgehead atoms. The first-order chi connectivity index (χ1) is 7.67.